The molecule has 17 heavy (non-hydrogen) atoms. The Bertz CT molecular complexity index is 334. The maximum atomic E-state index is 5.77. The zero-order chi connectivity index (χ0) is 12.1. The van der Waals surface area contributed by atoms with Crippen molar-refractivity contribution in [1.29, 1.82) is 0 Å². The Kier molecular flexibility index (Phi) is 4.77. The summed E-state index contributed by atoms with van der Waals surface area (Å²) >= 11 is 5.77. The molecule has 0 bridgehead atoms. The van der Waals surface area contributed by atoms with E-state index in [1.807, 2.05) is 18.3 Å². The summed E-state index contributed by atoms with van der Waals surface area (Å²) in [5.41, 5.74) is 1.23. The van der Waals surface area contributed by atoms with Gasteiger partial charge in [0.15, 0.2) is 0 Å². The van der Waals surface area contributed by atoms with Crippen LogP contribution in [0.3, 0.4) is 0 Å². The van der Waals surface area contributed by atoms with Crippen molar-refractivity contribution in [2.45, 2.75) is 32.4 Å². The summed E-state index contributed by atoms with van der Waals surface area (Å²) in [4.78, 5) is 6.55. The Morgan fingerprint density at radius 1 is 1.41 bits per heavy atom. The topological polar surface area (TPSA) is 25.4 Å². The third-order valence-corrected chi connectivity index (χ3v) is 3.36. The van der Waals surface area contributed by atoms with Crippen LogP contribution >= 0.6 is 11.6 Å². The SMILES string of the molecule is CCOC1CCN(Cc2ccc(Cl)nc2)CC1. The summed E-state index contributed by atoms with van der Waals surface area (Å²) in [7, 11) is 0. The number of rotatable bonds is 4. The number of ether oxygens (including phenoxy) is 1. The second-order valence-corrected chi connectivity index (χ2v) is 4.81. The van der Waals surface area contributed by atoms with Gasteiger partial charge in [0.1, 0.15) is 5.15 Å². The average molecular weight is 255 g/mol. The maximum Gasteiger partial charge on any atom is 0.129 e. The minimum absolute atomic E-state index is 0.458. The van der Waals surface area contributed by atoms with Crippen LogP contribution in [0, 0.1) is 0 Å². The number of halogens is 1. The molecule has 0 aliphatic carbocycles. The number of hydrogen-bond acceptors (Lipinski definition) is 3. The standard InChI is InChI=1S/C13H19ClN2O/c1-2-17-12-5-7-16(8-6-12)10-11-3-4-13(14)15-9-11/h3-4,9,12H,2,5-8,10H2,1H3. The molecule has 2 rings (SSSR count). The van der Waals surface area contributed by atoms with Crippen molar-refractivity contribution in [3.8, 4) is 0 Å². The summed E-state index contributed by atoms with van der Waals surface area (Å²) in [6, 6.07) is 3.90. The second kappa shape index (κ2) is 6.34. The van der Waals surface area contributed by atoms with Crippen molar-refractivity contribution in [1.82, 2.24) is 9.88 Å². The fraction of sp³-hybridized carbons (Fsp3) is 0.615. The van der Waals surface area contributed by atoms with Crippen molar-refractivity contribution in [3.63, 3.8) is 0 Å². The van der Waals surface area contributed by atoms with E-state index < -0.39 is 0 Å². The van der Waals surface area contributed by atoms with E-state index in [9.17, 15) is 0 Å². The van der Waals surface area contributed by atoms with Crippen LogP contribution in [0.5, 0.6) is 0 Å². The largest absolute Gasteiger partial charge is 0.378 e. The van der Waals surface area contributed by atoms with Gasteiger partial charge >= 0.3 is 0 Å². The highest BCUT2D eigenvalue weighted by molar-refractivity contribution is 6.29. The van der Waals surface area contributed by atoms with E-state index in [1.165, 1.54) is 5.56 Å². The predicted molar refractivity (Wildman–Crippen MR) is 69.2 cm³/mol. The number of nitrogens with zero attached hydrogens (tertiary/aromatic N) is 2. The highest BCUT2D eigenvalue weighted by atomic mass is 35.5. The van der Waals surface area contributed by atoms with Crippen LogP contribution in [-0.2, 0) is 11.3 Å². The van der Waals surface area contributed by atoms with Gasteiger partial charge in [0.05, 0.1) is 6.10 Å². The highest BCUT2D eigenvalue weighted by Crippen LogP contribution is 2.16. The van der Waals surface area contributed by atoms with E-state index >= 15 is 0 Å². The van der Waals surface area contributed by atoms with Crippen LogP contribution in [-0.4, -0.2) is 35.7 Å². The Hall–Kier alpha value is -0.640. The summed E-state index contributed by atoms with van der Waals surface area (Å²) in [6.07, 6.45) is 4.58. The molecule has 1 aliphatic heterocycles. The van der Waals surface area contributed by atoms with E-state index in [0.717, 1.165) is 39.1 Å². The Labute approximate surface area is 108 Å². The highest BCUT2D eigenvalue weighted by Gasteiger charge is 2.19. The quantitative estimate of drug-likeness (QED) is 0.773. The second-order valence-electron chi connectivity index (χ2n) is 4.42. The smallest absolute Gasteiger partial charge is 0.129 e. The lowest BCUT2D eigenvalue weighted by molar-refractivity contribution is 0.0125. The lowest BCUT2D eigenvalue weighted by atomic mass is 10.1. The maximum absolute atomic E-state index is 5.77. The number of likely N-dealkylation sites (tertiary alicyclic amines) is 1. The molecule has 0 N–H and O–H groups in total. The van der Waals surface area contributed by atoms with Crippen LogP contribution in [0.2, 0.25) is 5.15 Å². The zero-order valence-electron chi connectivity index (χ0n) is 10.2. The van der Waals surface area contributed by atoms with Gasteiger partial charge < -0.3 is 4.74 Å². The fourth-order valence-electron chi connectivity index (χ4n) is 2.23. The van der Waals surface area contributed by atoms with Gasteiger partial charge in [-0.25, -0.2) is 4.98 Å². The van der Waals surface area contributed by atoms with Crippen molar-refractivity contribution >= 4 is 11.6 Å². The predicted octanol–water partition coefficient (Wildman–Crippen LogP) is 2.74. The van der Waals surface area contributed by atoms with Gasteiger partial charge in [-0.05, 0) is 31.4 Å². The number of aromatic nitrogens is 1. The fourth-order valence-corrected chi connectivity index (χ4v) is 2.34. The van der Waals surface area contributed by atoms with E-state index in [-0.39, 0.29) is 0 Å². The van der Waals surface area contributed by atoms with Gasteiger partial charge in [0.2, 0.25) is 0 Å². The summed E-state index contributed by atoms with van der Waals surface area (Å²) < 4.78 is 5.64. The van der Waals surface area contributed by atoms with Crippen LogP contribution < -0.4 is 0 Å². The molecule has 3 nitrogen and oxygen atoms in total. The first-order valence-corrected chi connectivity index (χ1v) is 6.60. The molecule has 0 radical (unpaired) electrons. The molecule has 1 fully saturated rings. The minimum atomic E-state index is 0.458. The average Bonchev–Trinajstić information content (AvgIpc) is 2.35. The summed E-state index contributed by atoms with van der Waals surface area (Å²) in [5, 5.41) is 0.559. The van der Waals surface area contributed by atoms with Gasteiger partial charge in [0, 0.05) is 32.4 Å². The van der Waals surface area contributed by atoms with Crippen LogP contribution in [0.15, 0.2) is 18.3 Å². The molecule has 2 heterocycles. The number of piperidine rings is 1. The molecule has 0 unspecified atom stereocenters. The third-order valence-electron chi connectivity index (χ3n) is 3.13. The van der Waals surface area contributed by atoms with E-state index in [1.54, 1.807) is 0 Å². The van der Waals surface area contributed by atoms with Crippen LogP contribution in [0.4, 0.5) is 0 Å². The molecule has 0 atom stereocenters. The van der Waals surface area contributed by atoms with E-state index in [4.69, 9.17) is 16.3 Å². The zero-order valence-corrected chi connectivity index (χ0v) is 11.0. The first kappa shape index (κ1) is 12.8. The van der Waals surface area contributed by atoms with E-state index in [2.05, 4.69) is 16.8 Å². The van der Waals surface area contributed by atoms with Gasteiger partial charge in [-0.2, -0.15) is 0 Å². The Morgan fingerprint density at radius 2 is 2.18 bits per heavy atom. The molecule has 0 aromatic carbocycles. The molecule has 0 saturated carbocycles. The Balaban J connectivity index is 1.79. The van der Waals surface area contributed by atoms with Crippen LogP contribution in [0.25, 0.3) is 0 Å². The van der Waals surface area contributed by atoms with Crippen molar-refractivity contribution in [3.05, 3.63) is 29.0 Å². The van der Waals surface area contributed by atoms with E-state index in [0.29, 0.717) is 11.3 Å². The molecule has 0 amide bonds. The first-order valence-electron chi connectivity index (χ1n) is 6.22. The normalized spacial score (nSPS) is 18.5. The molecule has 1 aromatic rings. The third kappa shape index (κ3) is 3.95. The lowest BCUT2D eigenvalue weighted by Crippen LogP contribution is -2.36. The molecule has 94 valence electrons. The molecule has 1 aliphatic rings. The van der Waals surface area contributed by atoms with Gasteiger partial charge in [0.25, 0.3) is 0 Å². The monoisotopic (exact) mass is 254 g/mol. The molecular weight excluding hydrogens is 236 g/mol. The number of hydrogen-bond donors (Lipinski definition) is 0. The van der Waals surface area contributed by atoms with Crippen molar-refractivity contribution < 1.29 is 4.74 Å². The lowest BCUT2D eigenvalue weighted by Gasteiger charge is -2.31. The first-order chi connectivity index (χ1) is 8.28. The van der Waals surface area contributed by atoms with Crippen molar-refractivity contribution in [2.24, 2.45) is 0 Å². The van der Waals surface area contributed by atoms with Gasteiger partial charge in [-0.1, -0.05) is 17.7 Å². The number of pyridine rings is 1. The molecule has 4 heteroatoms. The van der Waals surface area contributed by atoms with Crippen molar-refractivity contribution in [2.75, 3.05) is 19.7 Å². The van der Waals surface area contributed by atoms with Gasteiger partial charge in [-0.15, -0.1) is 0 Å². The molecule has 1 aromatic heterocycles. The van der Waals surface area contributed by atoms with Crippen LogP contribution in [0.1, 0.15) is 25.3 Å². The summed E-state index contributed by atoms with van der Waals surface area (Å²) in [5.74, 6) is 0. The Morgan fingerprint density at radius 3 is 2.76 bits per heavy atom. The van der Waals surface area contributed by atoms with Gasteiger partial charge in [-0.3, -0.25) is 4.90 Å². The molecule has 1 saturated heterocycles. The summed E-state index contributed by atoms with van der Waals surface area (Å²) in [6.45, 7) is 6.06. The molecular formula is C13H19ClN2O. The minimum Gasteiger partial charge on any atom is -0.378 e. The molecule has 0 spiro atoms.